The summed E-state index contributed by atoms with van der Waals surface area (Å²) in [7, 11) is 5.41. The molecule has 1 N–H and O–H groups in total. The van der Waals surface area contributed by atoms with Crippen LogP contribution in [0.5, 0.6) is 5.75 Å². The molecule has 4 aromatic rings. The average molecular weight is 420 g/mol. The molecular weight excluding hydrogens is 402 g/mol. The molecule has 0 fully saturated rings. The molecule has 2 amide bonds. The number of carbonyl (C=O) groups excluding carboxylic acids is 2. The number of imide groups is 1. The third kappa shape index (κ3) is 2.57. The van der Waals surface area contributed by atoms with Crippen LogP contribution in [-0.2, 0) is 23.7 Å². The highest BCUT2D eigenvalue weighted by Gasteiger charge is 2.35. The van der Waals surface area contributed by atoms with E-state index in [0.29, 0.717) is 33.0 Å². The fourth-order valence-corrected chi connectivity index (χ4v) is 4.40. The molecule has 5 rings (SSSR count). The number of fused-ring (bicyclic) bond motifs is 2. The Labute approximate surface area is 177 Å². The number of halogens is 1. The van der Waals surface area contributed by atoms with E-state index >= 15 is 0 Å². The van der Waals surface area contributed by atoms with E-state index in [0.717, 1.165) is 21.8 Å². The number of ether oxygens (including phenoxy) is 1. The van der Waals surface area contributed by atoms with Crippen LogP contribution in [-0.4, -0.2) is 28.1 Å². The maximum absolute atomic E-state index is 12.9. The van der Waals surface area contributed by atoms with Crippen molar-refractivity contribution in [3.8, 4) is 5.75 Å². The van der Waals surface area contributed by atoms with Crippen LogP contribution in [0.2, 0.25) is 5.02 Å². The zero-order chi connectivity index (χ0) is 21.2. The van der Waals surface area contributed by atoms with Crippen molar-refractivity contribution in [2.24, 2.45) is 14.1 Å². The molecule has 7 heteroatoms. The number of hydrogen-bond donors (Lipinski definition) is 1. The minimum Gasteiger partial charge on any atom is -0.497 e. The molecule has 0 saturated heterocycles. The standard InChI is InChI=1S/C23H18ClN3O3/c1-26-10-16(14-8-12(24)4-6-18(14)26)20-21(23(29)25-22(20)28)17-11-27(2)19-7-5-13(30-3)9-15(17)19/h4-11H,1-3H3,(H,25,28,29). The molecule has 0 aliphatic carbocycles. The van der Waals surface area contributed by atoms with Gasteiger partial charge in [0.25, 0.3) is 11.8 Å². The van der Waals surface area contributed by atoms with Crippen LogP contribution in [0, 0.1) is 0 Å². The number of aryl methyl sites for hydroxylation is 2. The number of amides is 2. The van der Waals surface area contributed by atoms with Crippen molar-refractivity contribution >= 4 is 56.4 Å². The highest BCUT2D eigenvalue weighted by molar-refractivity contribution is 6.51. The van der Waals surface area contributed by atoms with E-state index in [1.165, 1.54) is 0 Å². The molecule has 0 radical (unpaired) electrons. The maximum Gasteiger partial charge on any atom is 0.259 e. The molecule has 2 aromatic heterocycles. The summed E-state index contributed by atoms with van der Waals surface area (Å²) in [6, 6.07) is 11.2. The lowest BCUT2D eigenvalue weighted by molar-refractivity contribution is -0.122. The van der Waals surface area contributed by atoms with E-state index in [1.807, 2.05) is 66.0 Å². The SMILES string of the molecule is COc1ccc2c(c1)c(C1=C(c3cn(C)c4ccc(Cl)cc34)C(=O)NC1=O)cn2C. The molecule has 0 atom stereocenters. The van der Waals surface area contributed by atoms with Gasteiger partial charge < -0.3 is 13.9 Å². The Morgan fingerprint density at radius 2 is 1.37 bits per heavy atom. The monoisotopic (exact) mass is 419 g/mol. The van der Waals surface area contributed by atoms with Crippen molar-refractivity contribution in [2.45, 2.75) is 0 Å². The second-order valence-corrected chi connectivity index (χ2v) is 7.82. The van der Waals surface area contributed by atoms with Crippen molar-refractivity contribution in [1.82, 2.24) is 14.5 Å². The highest BCUT2D eigenvalue weighted by atomic mass is 35.5. The van der Waals surface area contributed by atoms with Crippen molar-refractivity contribution in [1.29, 1.82) is 0 Å². The van der Waals surface area contributed by atoms with E-state index in [-0.39, 0.29) is 0 Å². The van der Waals surface area contributed by atoms with Gasteiger partial charge in [-0.25, -0.2) is 0 Å². The third-order valence-electron chi connectivity index (χ3n) is 5.62. The van der Waals surface area contributed by atoms with Crippen molar-refractivity contribution in [2.75, 3.05) is 7.11 Å². The lowest BCUT2D eigenvalue weighted by Gasteiger charge is -2.04. The van der Waals surface area contributed by atoms with Crippen LogP contribution in [0.1, 0.15) is 11.1 Å². The first-order chi connectivity index (χ1) is 14.4. The average Bonchev–Trinajstić information content (AvgIpc) is 3.32. The zero-order valence-electron chi connectivity index (χ0n) is 16.6. The summed E-state index contributed by atoms with van der Waals surface area (Å²) in [5.41, 5.74) is 3.92. The Morgan fingerprint density at radius 1 is 0.833 bits per heavy atom. The maximum atomic E-state index is 12.9. The first-order valence-electron chi connectivity index (χ1n) is 9.37. The van der Waals surface area contributed by atoms with E-state index in [4.69, 9.17) is 16.3 Å². The molecule has 150 valence electrons. The molecule has 3 heterocycles. The Morgan fingerprint density at radius 3 is 1.93 bits per heavy atom. The van der Waals surface area contributed by atoms with Gasteiger partial charge in [0.15, 0.2) is 0 Å². The van der Waals surface area contributed by atoms with Gasteiger partial charge in [-0.1, -0.05) is 11.6 Å². The molecule has 30 heavy (non-hydrogen) atoms. The molecule has 0 saturated carbocycles. The summed E-state index contributed by atoms with van der Waals surface area (Å²) in [5, 5.41) is 4.70. The van der Waals surface area contributed by atoms with Crippen LogP contribution in [0.4, 0.5) is 0 Å². The predicted octanol–water partition coefficient (Wildman–Crippen LogP) is 3.90. The molecular formula is C23H18ClN3O3. The first-order valence-corrected chi connectivity index (χ1v) is 9.75. The number of hydrogen-bond acceptors (Lipinski definition) is 3. The van der Waals surface area contributed by atoms with Gasteiger partial charge in [-0.2, -0.15) is 0 Å². The Bertz CT molecular complexity index is 1420. The van der Waals surface area contributed by atoms with Gasteiger partial charge in [0.1, 0.15) is 5.75 Å². The minimum atomic E-state index is -0.414. The summed E-state index contributed by atoms with van der Waals surface area (Å²) < 4.78 is 9.23. The number of rotatable bonds is 3. The van der Waals surface area contributed by atoms with Crippen molar-refractivity contribution in [3.05, 3.63) is 64.9 Å². The number of aromatic nitrogens is 2. The van der Waals surface area contributed by atoms with Crippen LogP contribution in [0.25, 0.3) is 33.0 Å². The van der Waals surface area contributed by atoms with Crippen molar-refractivity contribution in [3.63, 3.8) is 0 Å². The summed E-state index contributed by atoms with van der Waals surface area (Å²) in [6.07, 6.45) is 3.73. The van der Waals surface area contributed by atoms with Crippen molar-refractivity contribution < 1.29 is 14.3 Å². The van der Waals surface area contributed by atoms with E-state index in [9.17, 15) is 9.59 Å². The molecule has 1 aliphatic heterocycles. The van der Waals surface area contributed by atoms with Gasteiger partial charge in [-0.05, 0) is 36.4 Å². The largest absolute Gasteiger partial charge is 0.497 e. The lowest BCUT2D eigenvalue weighted by atomic mass is 9.95. The van der Waals surface area contributed by atoms with Gasteiger partial charge in [-0.15, -0.1) is 0 Å². The second-order valence-electron chi connectivity index (χ2n) is 7.39. The fourth-order valence-electron chi connectivity index (χ4n) is 4.23. The summed E-state index contributed by atoms with van der Waals surface area (Å²) in [6.45, 7) is 0. The quantitative estimate of drug-likeness (QED) is 0.512. The molecule has 6 nitrogen and oxygen atoms in total. The van der Waals surface area contributed by atoms with Gasteiger partial charge in [0.2, 0.25) is 0 Å². The van der Waals surface area contributed by atoms with E-state index in [1.54, 1.807) is 13.2 Å². The number of nitrogens with zero attached hydrogens (tertiary/aromatic N) is 2. The predicted molar refractivity (Wildman–Crippen MR) is 117 cm³/mol. The smallest absolute Gasteiger partial charge is 0.259 e. The first kappa shape index (κ1) is 18.5. The van der Waals surface area contributed by atoms with Gasteiger partial charge >= 0.3 is 0 Å². The van der Waals surface area contributed by atoms with Crippen LogP contribution in [0.3, 0.4) is 0 Å². The molecule has 0 unspecified atom stereocenters. The molecule has 1 aliphatic rings. The Balaban J connectivity index is 1.87. The van der Waals surface area contributed by atoms with Gasteiger partial charge in [0.05, 0.1) is 18.3 Å². The normalized spacial score (nSPS) is 14.3. The zero-order valence-corrected chi connectivity index (χ0v) is 17.4. The van der Waals surface area contributed by atoms with Crippen LogP contribution in [0.15, 0.2) is 48.8 Å². The Kier molecular flexibility index (Phi) is 4.01. The van der Waals surface area contributed by atoms with Crippen LogP contribution < -0.4 is 10.1 Å². The number of nitrogens with one attached hydrogen (secondary N) is 1. The van der Waals surface area contributed by atoms with Gasteiger partial charge in [0, 0.05) is 64.4 Å². The number of methoxy groups -OCH3 is 1. The summed E-state index contributed by atoms with van der Waals surface area (Å²) in [4.78, 5) is 25.8. The lowest BCUT2D eigenvalue weighted by Crippen LogP contribution is -2.22. The highest BCUT2D eigenvalue weighted by Crippen LogP contribution is 2.39. The fraction of sp³-hybridized carbons (Fsp3) is 0.130. The Hall–Kier alpha value is -3.51. The number of benzene rings is 2. The second kappa shape index (κ2) is 6.50. The van der Waals surface area contributed by atoms with E-state index in [2.05, 4.69) is 5.32 Å². The molecule has 2 aromatic carbocycles. The third-order valence-corrected chi connectivity index (χ3v) is 5.85. The molecule has 0 spiro atoms. The minimum absolute atomic E-state index is 0.350. The topological polar surface area (TPSA) is 65.3 Å². The van der Waals surface area contributed by atoms with Crippen LogP contribution >= 0.6 is 11.6 Å². The number of carbonyl (C=O) groups is 2. The van der Waals surface area contributed by atoms with Gasteiger partial charge in [-0.3, -0.25) is 14.9 Å². The van der Waals surface area contributed by atoms with E-state index < -0.39 is 11.8 Å². The summed E-state index contributed by atoms with van der Waals surface area (Å²) >= 11 is 6.23. The molecule has 0 bridgehead atoms. The summed E-state index contributed by atoms with van der Waals surface area (Å²) in [5.74, 6) is -0.148.